The smallest absolute Gasteiger partial charge is 0.419 e. The maximum absolute atomic E-state index is 12.2. The van der Waals surface area contributed by atoms with Crippen LogP contribution in [0.5, 0.6) is 0 Å². The summed E-state index contributed by atoms with van der Waals surface area (Å²) < 4.78 is 19.1. The summed E-state index contributed by atoms with van der Waals surface area (Å²) in [4.78, 5) is 16.1. The molecule has 7 heteroatoms. The summed E-state index contributed by atoms with van der Waals surface area (Å²) >= 11 is 0. The molecule has 1 aromatic rings. The molecule has 1 spiro atoms. The van der Waals surface area contributed by atoms with Gasteiger partial charge >= 0.3 is 6.09 Å². The average Bonchev–Trinajstić information content (AvgIpc) is 3.49. The van der Waals surface area contributed by atoms with E-state index in [1.165, 1.54) is 16.5 Å². The topological polar surface area (TPSA) is 89.4 Å². The molecule has 5 atom stereocenters. The van der Waals surface area contributed by atoms with Crippen LogP contribution in [-0.4, -0.2) is 57.9 Å². The fraction of sp³-hybridized carbons (Fsp3) is 0.700. The Morgan fingerprint density at radius 2 is 2.19 bits per heavy atom. The lowest BCUT2D eigenvalue weighted by atomic mass is 9.70. The number of hydrogen-bond donors (Lipinski definition) is 1. The van der Waals surface area contributed by atoms with Crippen LogP contribution in [0.4, 0.5) is 4.79 Å². The molecule has 7 nitrogen and oxygen atoms in total. The number of carbonyl (C=O) groups excluding carboxylic acids is 1. The van der Waals surface area contributed by atoms with E-state index in [1.807, 2.05) is 0 Å². The number of allylic oxidation sites excluding steroid dienone is 1. The van der Waals surface area contributed by atoms with Crippen LogP contribution in [-0.2, 0) is 14.2 Å². The van der Waals surface area contributed by atoms with Crippen LogP contribution in [0, 0.1) is 5.92 Å². The molecule has 4 rings (SSSR count). The molecule has 0 aromatic carbocycles. The minimum absolute atomic E-state index is 0.0631. The number of rotatable bonds is 4. The third-order valence-corrected chi connectivity index (χ3v) is 5.93. The molecule has 0 amide bonds. The van der Waals surface area contributed by atoms with E-state index in [9.17, 15) is 4.79 Å². The van der Waals surface area contributed by atoms with Gasteiger partial charge in [-0.2, -0.15) is 0 Å². The lowest BCUT2D eigenvalue weighted by Crippen LogP contribution is -2.44. The second-order valence-electron chi connectivity index (χ2n) is 7.96. The van der Waals surface area contributed by atoms with Crippen molar-refractivity contribution in [3.05, 3.63) is 30.4 Å². The molecule has 27 heavy (non-hydrogen) atoms. The summed E-state index contributed by atoms with van der Waals surface area (Å²) in [5.41, 5.74) is 1.07. The number of aliphatic hydroxyl groups is 1. The van der Waals surface area contributed by atoms with Gasteiger partial charge in [-0.25, -0.2) is 14.3 Å². The Morgan fingerprint density at radius 3 is 2.78 bits per heavy atom. The van der Waals surface area contributed by atoms with Gasteiger partial charge in [0.15, 0.2) is 0 Å². The summed E-state index contributed by atoms with van der Waals surface area (Å²) in [6.07, 6.45) is 10.1. The van der Waals surface area contributed by atoms with E-state index in [0.29, 0.717) is 0 Å². The lowest BCUT2D eigenvalue weighted by molar-refractivity contribution is 0.00257. The van der Waals surface area contributed by atoms with Gasteiger partial charge in [-0.05, 0) is 46.5 Å². The van der Waals surface area contributed by atoms with Crippen molar-refractivity contribution in [2.45, 2.75) is 69.9 Å². The number of aliphatic hydroxyl groups excluding tert-OH is 1. The molecule has 0 bridgehead atoms. The normalized spacial score (nSPS) is 36.4. The molecule has 3 fully saturated rings. The van der Waals surface area contributed by atoms with Gasteiger partial charge in [-0.15, -0.1) is 0 Å². The maximum atomic E-state index is 12.2. The summed E-state index contributed by atoms with van der Waals surface area (Å²) in [5, 5.41) is 7.00. The SMILES string of the molecule is CC(C)=CC[C@H]1O[C@]1(C)[C@H]1C[C@H](OC(=O)n2ccnc2)CC[C@]12CO2.CO. The zero-order valence-corrected chi connectivity index (χ0v) is 16.6. The van der Waals surface area contributed by atoms with Crippen molar-refractivity contribution in [3.8, 4) is 0 Å². The van der Waals surface area contributed by atoms with Crippen molar-refractivity contribution in [2.75, 3.05) is 13.7 Å². The molecule has 1 N–H and O–H groups in total. The highest BCUT2D eigenvalue weighted by molar-refractivity contribution is 5.70. The Bertz CT molecular complexity index is 679. The highest BCUT2D eigenvalue weighted by atomic mass is 16.6. The number of nitrogens with zero attached hydrogens (tertiary/aromatic N) is 2. The first-order valence-corrected chi connectivity index (χ1v) is 9.52. The molecular weight excluding hydrogens is 348 g/mol. The van der Waals surface area contributed by atoms with Crippen molar-refractivity contribution in [2.24, 2.45) is 5.92 Å². The lowest BCUT2D eigenvalue weighted by Gasteiger charge is -2.36. The maximum Gasteiger partial charge on any atom is 0.419 e. The fourth-order valence-corrected chi connectivity index (χ4v) is 4.25. The number of carbonyl (C=O) groups is 1. The van der Waals surface area contributed by atoms with Gasteiger partial charge in [0.25, 0.3) is 0 Å². The number of ether oxygens (including phenoxy) is 3. The van der Waals surface area contributed by atoms with Crippen LogP contribution in [0.15, 0.2) is 30.4 Å². The minimum Gasteiger partial charge on any atom is -0.446 e. The third kappa shape index (κ3) is 4.10. The monoisotopic (exact) mass is 378 g/mol. The molecule has 0 radical (unpaired) electrons. The quantitative estimate of drug-likeness (QED) is 0.640. The van der Waals surface area contributed by atoms with Gasteiger partial charge in [0, 0.05) is 25.4 Å². The zero-order chi connectivity index (χ0) is 19.7. The van der Waals surface area contributed by atoms with E-state index in [2.05, 4.69) is 31.8 Å². The van der Waals surface area contributed by atoms with E-state index >= 15 is 0 Å². The average molecular weight is 378 g/mol. The molecule has 3 heterocycles. The van der Waals surface area contributed by atoms with Crippen LogP contribution in [0.1, 0.15) is 46.5 Å². The molecular formula is C20H30N2O5. The summed E-state index contributed by atoms with van der Waals surface area (Å²) in [5.74, 6) is 0.268. The van der Waals surface area contributed by atoms with E-state index in [-0.39, 0.29) is 35.4 Å². The predicted molar refractivity (Wildman–Crippen MR) is 99.4 cm³/mol. The molecule has 3 aliphatic rings. The molecule has 2 saturated heterocycles. The van der Waals surface area contributed by atoms with Crippen LogP contribution in [0.25, 0.3) is 0 Å². The highest BCUT2D eigenvalue weighted by Crippen LogP contribution is 2.59. The van der Waals surface area contributed by atoms with Gasteiger partial charge < -0.3 is 19.3 Å². The summed E-state index contributed by atoms with van der Waals surface area (Å²) in [7, 11) is 1.00. The standard InChI is InChI=1S/C19H26N2O4.CH4O/c1-13(2)4-5-16-18(3,25-16)15-10-14(6-7-19(15)11-23-19)24-17(22)21-9-8-20-12-21;1-2/h4,8-9,12,14-16H,5-7,10-11H2,1-3H3;2H,1H3/t14-,15-,16-,18-,19+;/m1./s1. The first kappa shape index (κ1) is 20.0. The van der Waals surface area contributed by atoms with Crippen molar-refractivity contribution >= 4 is 6.09 Å². The van der Waals surface area contributed by atoms with Crippen molar-refractivity contribution < 1.29 is 24.1 Å². The molecule has 2 aliphatic heterocycles. The summed E-state index contributed by atoms with van der Waals surface area (Å²) in [6, 6.07) is 0. The van der Waals surface area contributed by atoms with E-state index in [0.717, 1.165) is 39.4 Å². The first-order valence-electron chi connectivity index (χ1n) is 9.52. The third-order valence-electron chi connectivity index (χ3n) is 5.93. The second-order valence-corrected chi connectivity index (χ2v) is 7.96. The minimum atomic E-state index is -0.364. The number of aromatic nitrogens is 2. The number of epoxide rings is 2. The second kappa shape index (κ2) is 7.73. The Hall–Kier alpha value is -1.70. The summed E-state index contributed by atoms with van der Waals surface area (Å²) in [6.45, 7) is 7.20. The molecule has 1 aliphatic carbocycles. The fourth-order valence-electron chi connectivity index (χ4n) is 4.25. The van der Waals surface area contributed by atoms with Gasteiger partial charge in [0.2, 0.25) is 0 Å². The van der Waals surface area contributed by atoms with Crippen molar-refractivity contribution in [1.29, 1.82) is 0 Å². The Morgan fingerprint density at radius 1 is 1.44 bits per heavy atom. The first-order chi connectivity index (χ1) is 12.9. The predicted octanol–water partition coefficient (Wildman–Crippen LogP) is 2.93. The van der Waals surface area contributed by atoms with Gasteiger partial charge in [0.05, 0.1) is 23.9 Å². The highest BCUT2D eigenvalue weighted by Gasteiger charge is 2.68. The molecule has 150 valence electrons. The van der Waals surface area contributed by atoms with Crippen molar-refractivity contribution in [3.63, 3.8) is 0 Å². The van der Waals surface area contributed by atoms with Gasteiger partial charge in [-0.1, -0.05) is 11.6 Å². The van der Waals surface area contributed by atoms with E-state index in [4.69, 9.17) is 19.3 Å². The molecule has 0 unspecified atom stereocenters. The molecule has 1 saturated carbocycles. The molecule has 1 aromatic heterocycles. The van der Waals surface area contributed by atoms with Crippen LogP contribution in [0.3, 0.4) is 0 Å². The van der Waals surface area contributed by atoms with Gasteiger partial charge in [-0.3, -0.25) is 0 Å². The largest absolute Gasteiger partial charge is 0.446 e. The van der Waals surface area contributed by atoms with Crippen LogP contribution < -0.4 is 0 Å². The number of imidazole rings is 1. The Balaban J connectivity index is 0.00000102. The van der Waals surface area contributed by atoms with E-state index < -0.39 is 0 Å². The van der Waals surface area contributed by atoms with E-state index in [1.54, 1.807) is 12.4 Å². The van der Waals surface area contributed by atoms with Crippen molar-refractivity contribution in [1.82, 2.24) is 9.55 Å². The zero-order valence-electron chi connectivity index (χ0n) is 16.6. The number of hydrogen-bond acceptors (Lipinski definition) is 6. The van der Waals surface area contributed by atoms with Gasteiger partial charge in [0.1, 0.15) is 12.4 Å². The van der Waals surface area contributed by atoms with Crippen LogP contribution >= 0.6 is 0 Å². The Kier molecular flexibility index (Phi) is 5.74. The van der Waals surface area contributed by atoms with Crippen LogP contribution in [0.2, 0.25) is 0 Å². The Labute approximate surface area is 160 Å².